The van der Waals surface area contributed by atoms with Crippen LogP contribution < -0.4 is 5.32 Å². The summed E-state index contributed by atoms with van der Waals surface area (Å²) in [6, 6.07) is 12.0. The molecule has 2 fully saturated rings. The van der Waals surface area contributed by atoms with Crippen LogP contribution in [0.1, 0.15) is 70.0 Å². The van der Waals surface area contributed by atoms with Crippen LogP contribution in [0.4, 0.5) is 4.79 Å². The van der Waals surface area contributed by atoms with Gasteiger partial charge in [0.25, 0.3) is 0 Å². The number of nitrogens with zero attached hydrogens (tertiary/aromatic N) is 4. The third kappa shape index (κ3) is 7.13. The molecule has 3 heterocycles. The van der Waals surface area contributed by atoms with Crippen molar-refractivity contribution in [2.24, 2.45) is 5.92 Å². The average molecular weight is 632 g/mol. The predicted molar refractivity (Wildman–Crippen MR) is 172 cm³/mol. The zero-order valence-corrected chi connectivity index (χ0v) is 27.4. The topological polar surface area (TPSA) is 125 Å². The molecule has 3 aromatic rings. The van der Waals surface area contributed by atoms with Gasteiger partial charge in [0.1, 0.15) is 22.7 Å². The number of amides is 3. The van der Waals surface area contributed by atoms with Crippen LogP contribution in [0.15, 0.2) is 41.8 Å². The SMILES string of the molecule is C[C@@H](C(=O)N[C@H](C(=O)N1CCC[C@H]1c1nc(-c2ccc(C#N)c3ccccc23)cs1)C1CCOCC1)N(C)C(=O)OC(C)(C)C. The predicted octanol–water partition coefficient (Wildman–Crippen LogP) is 5.67. The van der Waals surface area contributed by atoms with Gasteiger partial charge < -0.3 is 19.7 Å². The number of rotatable bonds is 7. The fourth-order valence-corrected chi connectivity index (χ4v) is 6.99. The van der Waals surface area contributed by atoms with Crippen LogP contribution in [0.25, 0.3) is 22.0 Å². The van der Waals surface area contributed by atoms with Gasteiger partial charge >= 0.3 is 6.09 Å². The smallest absolute Gasteiger partial charge is 0.410 e. The van der Waals surface area contributed by atoms with Gasteiger partial charge in [-0.25, -0.2) is 9.78 Å². The van der Waals surface area contributed by atoms with Crippen LogP contribution >= 0.6 is 11.3 Å². The molecule has 0 radical (unpaired) electrons. The molecule has 1 aromatic heterocycles. The second kappa shape index (κ2) is 13.5. The first kappa shape index (κ1) is 32.4. The molecule has 0 bridgehead atoms. The lowest BCUT2D eigenvalue weighted by Crippen LogP contribution is -2.57. The molecule has 1 N–H and O–H groups in total. The van der Waals surface area contributed by atoms with E-state index in [0.29, 0.717) is 38.2 Å². The lowest BCUT2D eigenvalue weighted by Gasteiger charge is -2.36. The van der Waals surface area contributed by atoms with E-state index in [0.717, 1.165) is 39.9 Å². The molecule has 5 rings (SSSR count). The molecule has 0 saturated carbocycles. The Morgan fingerprint density at radius 1 is 1.13 bits per heavy atom. The summed E-state index contributed by atoms with van der Waals surface area (Å²) in [6.07, 6.45) is 2.31. The van der Waals surface area contributed by atoms with Crippen LogP contribution in [0.3, 0.4) is 0 Å². The highest BCUT2D eigenvalue weighted by Gasteiger charge is 2.41. The lowest BCUT2D eigenvalue weighted by molar-refractivity contribution is -0.141. The quantitative estimate of drug-likeness (QED) is 0.357. The van der Waals surface area contributed by atoms with E-state index in [1.807, 2.05) is 46.7 Å². The summed E-state index contributed by atoms with van der Waals surface area (Å²) < 4.78 is 11.0. The highest BCUT2D eigenvalue weighted by molar-refractivity contribution is 7.10. The van der Waals surface area contributed by atoms with Gasteiger partial charge in [-0.1, -0.05) is 30.3 Å². The molecule has 0 spiro atoms. The third-order valence-electron chi connectivity index (χ3n) is 8.61. The number of aromatic nitrogens is 1. The molecule has 0 unspecified atom stereocenters. The molecule has 3 amide bonds. The molecule has 238 valence electrons. The number of benzene rings is 2. The molecule has 11 heteroatoms. The molecule has 10 nitrogen and oxygen atoms in total. The first-order chi connectivity index (χ1) is 21.5. The summed E-state index contributed by atoms with van der Waals surface area (Å²) >= 11 is 1.52. The Morgan fingerprint density at radius 3 is 2.53 bits per heavy atom. The van der Waals surface area contributed by atoms with Crippen molar-refractivity contribution in [3.8, 4) is 17.3 Å². The van der Waals surface area contributed by atoms with E-state index in [2.05, 4.69) is 11.4 Å². The molecule has 2 saturated heterocycles. The number of carbonyl (C=O) groups excluding carboxylic acids is 3. The van der Waals surface area contributed by atoms with Crippen molar-refractivity contribution in [1.82, 2.24) is 20.1 Å². The molecule has 2 aliphatic rings. The molecule has 2 aliphatic heterocycles. The van der Waals surface area contributed by atoms with Crippen molar-refractivity contribution in [2.45, 2.75) is 77.1 Å². The van der Waals surface area contributed by atoms with Crippen LogP contribution in [0.2, 0.25) is 0 Å². The van der Waals surface area contributed by atoms with Crippen molar-refractivity contribution in [1.29, 1.82) is 5.26 Å². The number of hydrogen-bond donors (Lipinski definition) is 1. The van der Waals surface area contributed by atoms with Gasteiger partial charge in [-0.3, -0.25) is 14.5 Å². The Bertz CT molecular complexity index is 1600. The maximum absolute atomic E-state index is 14.3. The van der Waals surface area contributed by atoms with E-state index in [1.165, 1.54) is 23.3 Å². The van der Waals surface area contributed by atoms with E-state index >= 15 is 0 Å². The molecule has 2 aromatic carbocycles. The minimum atomic E-state index is -0.840. The van der Waals surface area contributed by atoms with Gasteiger partial charge in [-0.2, -0.15) is 5.26 Å². The molecule has 0 aliphatic carbocycles. The number of hydrogen-bond acceptors (Lipinski definition) is 8. The number of likely N-dealkylation sites (N-methyl/N-ethyl adjacent to an activating group) is 1. The van der Waals surface area contributed by atoms with Crippen molar-refractivity contribution >= 4 is 40.0 Å². The summed E-state index contributed by atoms with van der Waals surface area (Å²) in [5.41, 5.74) is 1.67. The Kier molecular flexibility index (Phi) is 9.75. The standard InChI is InChI=1S/C34H41N5O5S/c1-21(38(5)33(42)44-34(2,3)4)30(40)37-29(22-14-17-43-18-15-22)32(41)39-16-8-11-28(39)31-36-27(20-45-31)26-13-12-23(19-35)24-9-6-7-10-25(24)26/h6-7,9-10,12-13,20-22,28-29H,8,11,14-18H2,1-5H3,(H,37,40)/t21-,28-,29-/m0/s1. The number of fused-ring (bicyclic) bond motifs is 1. The number of thiazole rings is 1. The van der Waals surface area contributed by atoms with Gasteiger partial charge in [0, 0.05) is 43.1 Å². The molecule has 45 heavy (non-hydrogen) atoms. The highest BCUT2D eigenvalue weighted by Crippen LogP contribution is 2.38. The van der Waals surface area contributed by atoms with E-state index in [1.54, 1.807) is 27.7 Å². The zero-order valence-electron chi connectivity index (χ0n) is 26.5. The number of nitriles is 1. The van der Waals surface area contributed by atoms with Crippen LogP contribution in [0.5, 0.6) is 0 Å². The second-order valence-corrected chi connectivity index (χ2v) is 13.7. The normalized spacial score (nSPS) is 18.7. The van der Waals surface area contributed by atoms with Crippen molar-refractivity contribution in [3.63, 3.8) is 0 Å². The molecule has 3 atom stereocenters. The van der Waals surface area contributed by atoms with Crippen molar-refractivity contribution in [3.05, 3.63) is 52.3 Å². The van der Waals surface area contributed by atoms with Gasteiger partial charge in [-0.15, -0.1) is 11.3 Å². The van der Waals surface area contributed by atoms with E-state index in [9.17, 15) is 19.6 Å². The Balaban J connectivity index is 1.37. The fourth-order valence-electron chi connectivity index (χ4n) is 6.02. The van der Waals surface area contributed by atoms with Gasteiger partial charge in [0.05, 0.1) is 23.4 Å². The van der Waals surface area contributed by atoms with Crippen molar-refractivity contribution < 1.29 is 23.9 Å². The summed E-state index contributed by atoms with van der Waals surface area (Å²) in [6.45, 7) is 8.56. The summed E-state index contributed by atoms with van der Waals surface area (Å²) in [7, 11) is 1.53. The highest BCUT2D eigenvalue weighted by atomic mass is 32.1. The minimum absolute atomic E-state index is 0.0904. The van der Waals surface area contributed by atoms with E-state index < -0.39 is 29.7 Å². The fraction of sp³-hybridized carbons (Fsp3) is 0.500. The maximum atomic E-state index is 14.3. The number of ether oxygens (including phenoxy) is 2. The van der Waals surface area contributed by atoms with Crippen LogP contribution in [-0.2, 0) is 19.1 Å². The molecular weight excluding hydrogens is 590 g/mol. The van der Waals surface area contributed by atoms with E-state index in [4.69, 9.17) is 14.5 Å². The monoisotopic (exact) mass is 631 g/mol. The van der Waals surface area contributed by atoms with Crippen molar-refractivity contribution in [2.75, 3.05) is 26.8 Å². The van der Waals surface area contributed by atoms with Crippen LogP contribution in [-0.4, -0.2) is 77.2 Å². The lowest BCUT2D eigenvalue weighted by atomic mass is 9.90. The first-order valence-electron chi connectivity index (χ1n) is 15.5. The minimum Gasteiger partial charge on any atom is -0.444 e. The third-order valence-corrected chi connectivity index (χ3v) is 9.55. The Hall–Kier alpha value is -4.01. The number of likely N-dealkylation sites (tertiary alicyclic amines) is 1. The van der Waals surface area contributed by atoms with E-state index in [-0.39, 0.29) is 17.9 Å². The van der Waals surface area contributed by atoms with Gasteiger partial charge in [0.2, 0.25) is 11.8 Å². The average Bonchev–Trinajstić information content (AvgIpc) is 3.72. The largest absolute Gasteiger partial charge is 0.444 e. The van der Waals surface area contributed by atoms with Gasteiger partial charge in [-0.05, 0) is 70.7 Å². The Labute approximate surface area is 268 Å². The first-order valence-corrected chi connectivity index (χ1v) is 16.4. The molecular formula is C34H41N5O5S. The Morgan fingerprint density at radius 2 is 1.84 bits per heavy atom. The summed E-state index contributed by atoms with van der Waals surface area (Å²) in [5.74, 6) is -0.633. The zero-order chi connectivity index (χ0) is 32.3. The number of nitrogens with one attached hydrogen (secondary N) is 1. The summed E-state index contributed by atoms with van der Waals surface area (Å²) in [5, 5.41) is 17.3. The second-order valence-electron chi connectivity index (χ2n) is 12.8. The summed E-state index contributed by atoms with van der Waals surface area (Å²) in [4.78, 5) is 48.6. The van der Waals surface area contributed by atoms with Gasteiger partial charge in [0.15, 0.2) is 0 Å². The maximum Gasteiger partial charge on any atom is 0.410 e. The number of carbonyl (C=O) groups is 3. The van der Waals surface area contributed by atoms with Crippen LogP contribution in [0, 0.1) is 17.2 Å².